The fraction of sp³-hybridized carbons (Fsp3) is 0.118. The Kier molecular flexibility index (Phi) is 4.12. The molecular formula is C17H13ClN2O3. The second-order valence-electron chi connectivity index (χ2n) is 5.11. The second kappa shape index (κ2) is 6.22. The van der Waals surface area contributed by atoms with Crippen LogP contribution in [0.4, 0.5) is 11.4 Å². The van der Waals surface area contributed by atoms with Gasteiger partial charge >= 0.3 is 0 Å². The molecule has 2 aromatic rings. The van der Waals surface area contributed by atoms with Crippen LogP contribution in [0.3, 0.4) is 0 Å². The summed E-state index contributed by atoms with van der Waals surface area (Å²) in [5, 5.41) is 3.14. The van der Waals surface area contributed by atoms with E-state index in [0.29, 0.717) is 22.0 Å². The molecule has 5 nitrogen and oxygen atoms in total. The number of anilines is 2. The van der Waals surface area contributed by atoms with Crippen molar-refractivity contribution in [2.45, 2.75) is 12.8 Å². The van der Waals surface area contributed by atoms with Crippen molar-refractivity contribution in [3.8, 4) is 0 Å². The maximum atomic E-state index is 12.3. The van der Waals surface area contributed by atoms with Crippen LogP contribution < -0.4 is 10.2 Å². The normalized spacial score (nSPS) is 14.2. The third-order valence-electron chi connectivity index (χ3n) is 3.54. The molecule has 0 unspecified atom stereocenters. The minimum absolute atomic E-state index is 0.203. The van der Waals surface area contributed by atoms with Gasteiger partial charge in [0.15, 0.2) is 0 Å². The molecule has 1 aliphatic rings. The van der Waals surface area contributed by atoms with Gasteiger partial charge < -0.3 is 5.32 Å². The third-order valence-corrected chi connectivity index (χ3v) is 3.87. The maximum absolute atomic E-state index is 12.3. The van der Waals surface area contributed by atoms with E-state index < -0.39 is 0 Å². The topological polar surface area (TPSA) is 66.5 Å². The van der Waals surface area contributed by atoms with Gasteiger partial charge in [-0.05, 0) is 30.3 Å². The van der Waals surface area contributed by atoms with Gasteiger partial charge in [-0.3, -0.25) is 19.3 Å². The highest BCUT2D eigenvalue weighted by atomic mass is 35.5. The molecule has 1 aliphatic heterocycles. The van der Waals surface area contributed by atoms with Crippen molar-refractivity contribution in [3.63, 3.8) is 0 Å². The first-order valence-corrected chi connectivity index (χ1v) is 7.46. The van der Waals surface area contributed by atoms with Crippen LogP contribution in [0.25, 0.3) is 0 Å². The Labute approximate surface area is 137 Å². The predicted molar refractivity (Wildman–Crippen MR) is 87.6 cm³/mol. The number of carbonyl (C=O) groups excluding carboxylic acids is 3. The SMILES string of the molecule is O=C(Nc1ccccc1Cl)c1cccc(N2C(=O)CCC2=O)c1. The number of benzene rings is 2. The van der Waals surface area contributed by atoms with E-state index in [1.54, 1.807) is 42.5 Å². The Hall–Kier alpha value is -2.66. The number of hydrogen-bond donors (Lipinski definition) is 1. The molecule has 0 aliphatic carbocycles. The van der Waals surface area contributed by atoms with Crippen LogP contribution in [0.2, 0.25) is 5.02 Å². The van der Waals surface area contributed by atoms with Crippen molar-refractivity contribution in [3.05, 3.63) is 59.1 Å². The lowest BCUT2D eigenvalue weighted by atomic mass is 10.1. The van der Waals surface area contributed by atoms with Crippen LogP contribution in [0, 0.1) is 0 Å². The number of halogens is 1. The lowest BCUT2D eigenvalue weighted by Crippen LogP contribution is -2.28. The summed E-state index contributed by atoms with van der Waals surface area (Å²) in [6, 6.07) is 13.3. The van der Waals surface area contributed by atoms with Crippen LogP contribution in [-0.2, 0) is 9.59 Å². The minimum Gasteiger partial charge on any atom is -0.321 e. The number of rotatable bonds is 3. The van der Waals surface area contributed by atoms with Crippen LogP contribution >= 0.6 is 11.6 Å². The van der Waals surface area contributed by atoms with Crippen LogP contribution in [0.5, 0.6) is 0 Å². The number of para-hydroxylation sites is 1. The molecule has 0 spiro atoms. The Morgan fingerprint density at radius 1 is 1.00 bits per heavy atom. The summed E-state index contributed by atoms with van der Waals surface area (Å²) in [6.07, 6.45) is 0.407. The number of imide groups is 1. The zero-order chi connectivity index (χ0) is 16.4. The molecule has 1 fully saturated rings. The van der Waals surface area contributed by atoms with Crippen molar-refractivity contribution in [2.24, 2.45) is 0 Å². The Bertz CT molecular complexity index is 788. The molecule has 3 amide bonds. The average Bonchev–Trinajstić information content (AvgIpc) is 2.88. The molecule has 23 heavy (non-hydrogen) atoms. The molecule has 1 saturated heterocycles. The van der Waals surface area contributed by atoms with Gasteiger partial charge in [-0.15, -0.1) is 0 Å². The Morgan fingerprint density at radius 3 is 2.39 bits per heavy atom. The smallest absolute Gasteiger partial charge is 0.255 e. The van der Waals surface area contributed by atoms with Gasteiger partial charge in [0.1, 0.15) is 0 Å². The number of nitrogens with zero attached hydrogens (tertiary/aromatic N) is 1. The van der Waals surface area contributed by atoms with Crippen LogP contribution in [0.1, 0.15) is 23.2 Å². The summed E-state index contributed by atoms with van der Waals surface area (Å²) in [7, 11) is 0. The molecule has 116 valence electrons. The van der Waals surface area contributed by atoms with Crippen molar-refractivity contribution < 1.29 is 14.4 Å². The van der Waals surface area contributed by atoms with Crippen molar-refractivity contribution in [1.82, 2.24) is 0 Å². The minimum atomic E-state index is -0.362. The van der Waals surface area contributed by atoms with Gasteiger partial charge in [0, 0.05) is 18.4 Å². The average molecular weight is 329 g/mol. The third kappa shape index (κ3) is 3.10. The molecule has 6 heteroatoms. The first-order chi connectivity index (χ1) is 11.1. The quantitative estimate of drug-likeness (QED) is 0.879. The van der Waals surface area contributed by atoms with Crippen LogP contribution in [-0.4, -0.2) is 17.7 Å². The fourth-order valence-electron chi connectivity index (χ4n) is 2.41. The van der Waals surface area contributed by atoms with Crippen LogP contribution in [0.15, 0.2) is 48.5 Å². The molecule has 0 saturated carbocycles. The molecular weight excluding hydrogens is 316 g/mol. The molecule has 0 aromatic heterocycles. The first-order valence-electron chi connectivity index (χ1n) is 7.08. The lowest BCUT2D eigenvalue weighted by molar-refractivity contribution is -0.121. The summed E-state index contributed by atoms with van der Waals surface area (Å²) in [5.74, 6) is -0.864. The molecule has 0 bridgehead atoms. The zero-order valence-corrected chi connectivity index (χ0v) is 12.8. The van der Waals surface area contributed by atoms with E-state index in [-0.39, 0.29) is 30.6 Å². The van der Waals surface area contributed by atoms with Gasteiger partial charge in [0.25, 0.3) is 5.91 Å². The van der Waals surface area contributed by atoms with Crippen molar-refractivity contribution in [1.29, 1.82) is 0 Å². The van der Waals surface area contributed by atoms with E-state index in [1.807, 2.05) is 0 Å². The largest absolute Gasteiger partial charge is 0.321 e. The van der Waals surface area contributed by atoms with Gasteiger partial charge in [-0.25, -0.2) is 0 Å². The monoisotopic (exact) mass is 328 g/mol. The summed E-state index contributed by atoms with van der Waals surface area (Å²) >= 11 is 6.02. The van der Waals surface area contributed by atoms with E-state index >= 15 is 0 Å². The highest BCUT2D eigenvalue weighted by Crippen LogP contribution is 2.25. The van der Waals surface area contributed by atoms with Gasteiger partial charge in [0.05, 0.1) is 16.4 Å². The highest BCUT2D eigenvalue weighted by molar-refractivity contribution is 6.34. The first kappa shape index (κ1) is 15.2. The summed E-state index contributed by atoms with van der Waals surface area (Å²) in [4.78, 5) is 37.0. The molecule has 1 N–H and O–H groups in total. The van der Waals surface area contributed by atoms with E-state index in [9.17, 15) is 14.4 Å². The predicted octanol–water partition coefficient (Wildman–Crippen LogP) is 3.25. The maximum Gasteiger partial charge on any atom is 0.255 e. The molecule has 3 rings (SSSR count). The summed E-state index contributed by atoms with van der Waals surface area (Å²) in [5.41, 5.74) is 1.25. The molecule has 0 radical (unpaired) electrons. The summed E-state index contributed by atoms with van der Waals surface area (Å²) in [6.45, 7) is 0. The van der Waals surface area contributed by atoms with Crippen molar-refractivity contribution in [2.75, 3.05) is 10.2 Å². The number of carbonyl (C=O) groups is 3. The zero-order valence-electron chi connectivity index (χ0n) is 12.1. The number of nitrogens with one attached hydrogen (secondary N) is 1. The van der Waals surface area contributed by atoms with E-state index in [1.165, 1.54) is 6.07 Å². The molecule has 2 aromatic carbocycles. The summed E-state index contributed by atoms with van der Waals surface area (Å²) < 4.78 is 0. The Morgan fingerprint density at radius 2 is 1.70 bits per heavy atom. The molecule has 1 heterocycles. The van der Waals surface area contributed by atoms with E-state index in [2.05, 4.69) is 5.32 Å². The Balaban J connectivity index is 1.85. The van der Waals surface area contributed by atoms with Gasteiger partial charge in [-0.1, -0.05) is 29.8 Å². The van der Waals surface area contributed by atoms with Crippen molar-refractivity contribution >= 4 is 40.7 Å². The van der Waals surface area contributed by atoms with Gasteiger partial charge in [0.2, 0.25) is 11.8 Å². The highest BCUT2D eigenvalue weighted by Gasteiger charge is 2.30. The molecule has 0 atom stereocenters. The van der Waals surface area contributed by atoms with E-state index in [0.717, 1.165) is 4.90 Å². The lowest BCUT2D eigenvalue weighted by Gasteiger charge is -2.15. The standard InChI is InChI=1S/C17H13ClN2O3/c18-13-6-1-2-7-14(13)19-17(23)11-4-3-5-12(10-11)20-15(21)8-9-16(20)22/h1-7,10H,8-9H2,(H,19,23). The number of amides is 3. The van der Waals surface area contributed by atoms with Gasteiger partial charge in [-0.2, -0.15) is 0 Å². The van der Waals surface area contributed by atoms with E-state index in [4.69, 9.17) is 11.6 Å². The fourth-order valence-corrected chi connectivity index (χ4v) is 2.59. The second-order valence-corrected chi connectivity index (χ2v) is 5.51. The number of hydrogen-bond acceptors (Lipinski definition) is 3.